The number of thiophene rings is 1. The van der Waals surface area contributed by atoms with Gasteiger partial charge in [-0.1, -0.05) is 6.07 Å². The van der Waals surface area contributed by atoms with E-state index in [0.29, 0.717) is 10.9 Å². The molecule has 1 aromatic heterocycles. The minimum atomic E-state index is -4.72. The number of benzene rings is 1. The lowest BCUT2D eigenvalue weighted by atomic mass is 10.0. The molecule has 1 atom stereocenters. The minimum Gasteiger partial charge on any atom is -0.383 e. The molecule has 0 fully saturated rings. The summed E-state index contributed by atoms with van der Waals surface area (Å²) in [4.78, 5) is 1.86. The van der Waals surface area contributed by atoms with Gasteiger partial charge in [0.1, 0.15) is 11.9 Å². The van der Waals surface area contributed by atoms with E-state index < -0.39 is 23.7 Å². The second-order valence-corrected chi connectivity index (χ2v) is 6.26. The third-order valence-corrected chi connectivity index (χ3v) is 4.94. The lowest BCUT2D eigenvalue weighted by molar-refractivity contribution is -0.140. The molecule has 1 aliphatic rings. The summed E-state index contributed by atoms with van der Waals surface area (Å²) in [7, 11) is 0. The molecular formula is C15H12F4OS. The quantitative estimate of drug-likeness (QED) is 0.810. The molecule has 2 aromatic rings. The van der Waals surface area contributed by atoms with Gasteiger partial charge in [-0.3, -0.25) is 0 Å². The molecule has 0 radical (unpaired) electrons. The van der Waals surface area contributed by atoms with Crippen LogP contribution in [0.15, 0.2) is 24.3 Å². The molecule has 0 aliphatic heterocycles. The average Bonchev–Trinajstić information content (AvgIpc) is 2.96. The van der Waals surface area contributed by atoms with Crippen LogP contribution in [0.4, 0.5) is 17.6 Å². The van der Waals surface area contributed by atoms with Crippen molar-refractivity contribution in [3.63, 3.8) is 0 Å². The fourth-order valence-electron chi connectivity index (χ4n) is 2.58. The lowest BCUT2D eigenvalue weighted by Gasteiger charge is -2.12. The Morgan fingerprint density at radius 1 is 1.14 bits per heavy atom. The zero-order chi connectivity index (χ0) is 15.2. The Bertz CT molecular complexity index is 653. The third-order valence-electron chi connectivity index (χ3n) is 3.65. The Morgan fingerprint density at radius 2 is 1.90 bits per heavy atom. The molecule has 0 saturated heterocycles. The second kappa shape index (κ2) is 5.10. The summed E-state index contributed by atoms with van der Waals surface area (Å²) in [5.74, 6) is -1.36. The molecule has 112 valence electrons. The van der Waals surface area contributed by atoms with E-state index in [4.69, 9.17) is 0 Å². The summed E-state index contributed by atoms with van der Waals surface area (Å²) in [6.45, 7) is 0. The molecule has 0 saturated carbocycles. The van der Waals surface area contributed by atoms with Crippen molar-refractivity contribution in [1.82, 2.24) is 0 Å². The van der Waals surface area contributed by atoms with Crippen molar-refractivity contribution in [2.75, 3.05) is 0 Å². The van der Waals surface area contributed by atoms with Gasteiger partial charge in [-0.05, 0) is 48.6 Å². The van der Waals surface area contributed by atoms with E-state index in [0.717, 1.165) is 31.4 Å². The van der Waals surface area contributed by atoms with E-state index in [1.54, 1.807) is 0 Å². The minimum absolute atomic E-state index is 0.139. The summed E-state index contributed by atoms with van der Waals surface area (Å²) in [5, 5.41) is 10.2. The zero-order valence-electron chi connectivity index (χ0n) is 10.9. The third kappa shape index (κ3) is 2.70. The Morgan fingerprint density at radius 3 is 2.52 bits per heavy atom. The molecule has 0 bridgehead atoms. The Hall–Kier alpha value is -1.40. The fourth-order valence-corrected chi connectivity index (χ4v) is 3.85. The molecule has 1 aromatic carbocycles. The Labute approximate surface area is 122 Å². The van der Waals surface area contributed by atoms with Crippen molar-refractivity contribution >= 4 is 11.3 Å². The fraction of sp³-hybridized carbons (Fsp3) is 0.333. The number of aliphatic hydroxyl groups excluding tert-OH is 1. The van der Waals surface area contributed by atoms with Crippen molar-refractivity contribution < 1.29 is 22.7 Å². The average molecular weight is 316 g/mol. The molecule has 3 rings (SSSR count). The first kappa shape index (κ1) is 14.5. The summed E-state index contributed by atoms with van der Waals surface area (Å²) in [5.41, 5.74) is 0.00832. The number of alkyl halides is 3. The summed E-state index contributed by atoms with van der Waals surface area (Å²) in [6.07, 6.45) is -2.80. The molecule has 6 heteroatoms. The van der Waals surface area contributed by atoms with E-state index >= 15 is 0 Å². The highest BCUT2D eigenvalue weighted by atomic mass is 32.1. The van der Waals surface area contributed by atoms with Crippen LogP contribution >= 0.6 is 11.3 Å². The van der Waals surface area contributed by atoms with E-state index in [1.807, 2.05) is 6.07 Å². The first-order valence-corrected chi connectivity index (χ1v) is 7.34. The van der Waals surface area contributed by atoms with Gasteiger partial charge in [-0.15, -0.1) is 11.3 Å². The number of halogens is 4. The van der Waals surface area contributed by atoms with Crippen molar-refractivity contribution in [3.05, 3.63) is 56.5 Å². The number of rotatable bonds is 2. The molecule has 0 amide bonds. The zero-order valence-corrected chi connectivity index (χ0v) is 11.7. The standard InChI is InChI=1S/C15H12F4OS/c16-11-6-9(4-5-10(11)15(17,18)19)14(20)13-7-8-2-1-3-12(8)21-13/h4-7,14,20H,1-3H2. The second-order valence-electron chi connectivity index (χ2n) is 5.09. The van der Waals surface area contributed by atoms with Gasteiger partial charge in [0.25, 0.3) is 0 Å². The van der Waals surface area contributed by atoms with Crippen LogP contribution in [0.1, 0.15) is 39.0 Å². The van der Waals surface area contributed by atoms with Gasteiger partial charge >= 0.3 is 6.18 Å². The number of hydrogen-bond donors (Lipinski definition) is 1. The van der Waals surface area contributed by atoms with Crippen molar-refractivity contribution in [1.29, 1.82) is 0 Å². The molecule has 1 aliphatic carbocycles. The van der Waals surface area contributed by atoms with Gasteiger partial charge in [0.05, 0.1) is 5.56 Å². The lowest BCUT2D eigenvalue weighted by Crippen LogP contribution is -2.09. The maximum atomic E-state index is 13.6. The molecule has 1 heterocycles. The number of fused-ring (bicyclic) bond motifs is 1. The smallest absolute Gasteiger partial charge is 0.383 e. The van der Waals surface area contributed by atoms with E-state index in [2.05, 4.69) is 0 Å². The molecule has 1 nitrogen and oxygen atoms in total. The highest BCUT2D eigenvalue weighted by Crippen LogP contribution is 2.37. The van der Waals surface area contributed by atoms with Gasteiger partial charge in [0.15, 0.2) is 0 Å². The van der Waals surface area contributed by atoms with E-state index in [-0.39, 0.29) is 5.56 Å². The Balaban J connectivity index is 1.91. The predicted octanol–water partition coefficient (Wildman–Crippen LogP) is 4.48. The number of aryl methyl sites for hydroxylation is 2. The van der Waals surface area contributed by atoms with E-state index in [9.17, 15) is 22.7 Å². The number of hydrogen-bond acceptors (Lipinski definition) is 2. The first-order chi connectivity index (χ1) is 9.86. The Kier molecular flexibility index (Phi) is 3.53. The summed E-state index contributed by atoms with van der Waals surface area (Å²) < 4.78 is 51.1. The van der Waals surface area contributed by atoms with Gasteiger partial charge < -0.3 is 5.11 Å². The molecule has 21 heavy (non-hydrogen) atoms. The van der Waals surface area contributed by atoms with Crippen LogP contribution in [0.3, 0.4) is 0 Å². The number of aliphatic hydroxyl groups is 1. The SMILES string of the molecule is OC(c1ccc(C(F)(F)F)c(F)c1)c1cc2c(s1)CCC2. The highest BCUT2D eigenvalue weighted by Gasteiger charge is 2.34. The molecule has 0 spiro atoms. The van der Waals surface area contributed by atoms with Crippen LogP contribution in [0.25, 0.3) is 0 Å². The maximum absolute atomic E-state index is 13.6. The van der Waals surface area contributed by atoms with Gasteiger partial charge in [-0.25, -0.2) is 4.39 Å². The van der Waals surface area contributed by atoms with Crippen LogP contribution in [-0.4, -0.2) is 5.11 Å². The molecule has 1 unspecified atom stereocenters. The highest BCUT2D eigenvalue weighted by molar-refractivity contribution is 7.12. The van der Waals surface area contributed by atoms with Crippen LogP contribution in [0.2, 0.25) is 0 Å². The molecule has 1 N–H and O–H groups in total. The van der Waals surface area contributed by atoms with Crippen molar-refractivity contribution in [2.24, 2.45) is 0 Å². The van der Waals surface area contributed by atoms with Gasteiger partial charge in [-0.2, -0.15) is 13.2 Å². The first-order valence-electron chi connectivity index (χ1n) is 6.52. The van der Waals surface area contributed by atoms with Crippen LogP contribution in [-0.2, 0) is 19.0 Å². The topological polar surface area (TPSA) is 20.2 Å². The maximum Gasteiger partial charge on any atom is 0.419 e. The summed E-state index contributed by atoms with van der Waals surface area (Å²) >= 11 is 1.45. The van der Waals surface area contributed by atoms with Crippen molar-refractivity contribution in [3.8, 4) is 0 Å². The largest absolute Gasteiger partial charge is 0.419 e. The molecular weight excluding hydrogens is 304 g/mol. The van der Waals surface area contributed by atoms with Crippen molar-refractivity contribution in [2.45, 2.75) is 31.5 Å². The van der Waals surface area contributed by atoms with Crippen LogP contribution < -0.4 is 0 Å². The summed E-state index contributed by atoms with van der Waals surface area (Å²) in [6, 6.07) is 4.43. The normalized spacial score (nSPS) is 16.0. The van der Waals surface area contributed by atoms with Gasteiger partial charge in [0.2, 0.25) is 0 Å². The monoisotopic (exact) mass is 316 g/mol. The van der Waals surface area contributed by atoms with Crippen LogP contribution in [0, 0.1) is 5.82 Å². The predicted molar refractivity (Wildman–Crippen MR) is 71.8 cm³/mol. The van der Waals surface area contributed by atoms with Gasteiger partial charge in [0, 0.05) is 9.75 Å². The van der Waals surface area contributed by atoms with Crippen LogP contribution in [0.5, 0.6) is 0 Å². The van der Waals surface area contributed by atoms with E-state index in [1.165, 1.54) is 21.8 Å².